The van der Waals surface area contributed by atoms with E-state index in [-0.39, 0.29) is 42.4 Å². The molecule has 0 fully saturated rings. The van der Waals surface area contributed by atoms with Gasteiger partial charge >= 0.3 is 24.6 Å². The van der Waals surface area contributed by atoms with Crippen LogP contribution in [0.1, 0.15) is 73.3 Å². The fourth-order valence-electron chi connectivity index (χ4n) is 4.15. The Kier molecular flexibility index (Phi) is 8.22. The van der Waals surface area contributed by atoms with Gasteiger partial charge in [-0.3, -0.25) is 9.88 Å². The highest BCUT2D eigenvalue weighted by molar-refractivity contribution is 5.89. The van der Waals surface area contributed by atoms with Gasteiger partial charge in [0.05, 0.1) is 39.8 Å². The third kappa shape index (κ3) is 7.55. The number of aryl methyl sites for hydroxylation is 1. The molecule has 1 unspecified atom stereocenters. The monoisotopic (exact) mass is 571 g/mol. The van der Waals surface area contributed by atoms with Crippen molar-refractivity contribution in [1.29, 1.82) is 0 Å². The van der Waals surface area contributed by atoms with Gasteiger partial charge in [0, 0.05) is 13.1 Å². The maximum absolute atomic E-state index is 13.7. The molecule has 0 radical (unpaired) electrons. The Hall–Kier alpha value is -3.03. The van der Waals surface area contributed by atoms with Gasteiger partial charge in [-0.15, -0.1) is 0 Å². The van der Waals surface area contributed by atoms with Gasteiger partial charge in [-0.25, -0.2) is 4.79 Å². The molecule has 216 valence electrons. The fourth-order valence-corrected chi connectivity index (χ4v) is 4.15. The Labute approximate surface area is 218 Å². The number of fused-ring (bicyclic) bond motifs is 1. The summed E-state index contributed by atoms with van der Waals surface area (Å²) in [7, 11) is 0. The van der Waals surface area contributed by atoms with Crippen molar-refractivity contribution in [2.45, 2.75) is 77.3 Å². The van der Waals surface area contributed by atoms with E-state index in [1.54, 1.807) is 20.8 Å². The van der Waals surface area contributed by atoms with Crippen LogP contribution in [0.3, 0.4) is 0 Å². The van der Waals surface area contributed by atoms with Crippen LogP contribution in [0.2, 0.25) is 0 Å². The number of hydrogen-bond donors (Lipinski definition) is 1. The molecule has 1 aliphatic heterocycles. The third-order valence-corrected chi connectivity index (χ3v) is 5.84. The number of alkyl halides is 9. The number of carbonyl (C=O) groups is 1. The number of anilines is 1. The molecule has 1 atom stereocenters. The Morgan fingerprint density at radius 1 is 0.949 bits per heavy atom. The molecule has 0 saturated carbocycles. The second kappa shape index (κ2) is 10.5. The van der Waals surface area contributed by atoms with E-state index in [4.69, 9.17) is 4.74 Å². The van der Waals surface area contributed by atoms with Crippen molar-refractivity contribution in [3.8, 4) is 0 Å². The van der Waals surface area contributed by atoms with E-state index in [9.17, 15) is 44.3 Å². The molecular weight excluding hydrogens is 545 g/mol. The standard InChI is InChI=1S/C25H26F9N3O2/c1-13-17(25(32,33)34)11-19-20(36-13)18(6-5-7-37(19)21(38)39-22(2,3)4)35-12-14-8-15(23(26,27)28)10-16(9-14)24(29,30)31/h8-11,18,35H,5-7,12H2,1-4H3. The first-order valence-electron chi connectivity index (χ1n) is 11.8. The summed E-state index contributed by atoms with van der Waals surface area (Å²) in [5, 5.41) is 2.83. The lowest BCUT2D eigenvalue weighted by molar-refractivity contribution is -0.143. The molecule has 0 aliphatic carbocycles. The molecule has 14 heteroatoms. The number of amides is 1. The molecule has 1 aromatic carbocycles. The van der Waals surface area contributed by atoms with Crippen molar-refractivity contribution in [3.05, 3.63) is 57.9 Å². The number of aromatic nitrogens is 1. The minimum atomic E-state index is -5.04. The molecule has 0 spiro atoms. The van der Waals surface area contributed by atoms with Crippen LogP contribution in [0.4, 0.5) is 50.0 Å². The largest absolute Gasteiger partial charge is 0.443 e. The van der Waals surface area contributed by atoms with Crippen LogP contribution in [0.15, 0.2) is 24.3 Å². The topological polar surface area (TPSA) is 54.5 Å². The minimum Gasteiger partial charge on any atom is -0.443 e. The molecule has 0 bridgehead atoms. The molecular formula is C25H26F9N3O2. The van der Waals surface area contributed by atoms with Crippen molar-refractivity contribution >= 4 is 11.8 Å². The molecule has 3 rings (SSSR count). The maximum Gasteiger partial charge on any atom is 0.418 e. The lowest BCUT2D eigenvalue weighted by Crippen LogP contribution is -2.38. The molecule has 1 aliphatic rings. The fraction of sp³-hybridized carbons (Fsp3) is 0.520. The average molecular weight is 571 g/mol. The number of carbonyl (C=O) groups excluding carboxylic acids is 1. The summed E-state index contributed by atoms with van der Waals surface area (Å²) in [6.45, 7) is 5.31. The van der Waals surface area contributed by atoms with E-state index in [0.29, 0.717) is 12.1 Å². The molecule has 1 aromatic heterocycles. The first kappa shape index (κ1) is 30.5. The molecule has 5 nitrogen and oxygen atoms in total. The van der Waals surface area contributed by atoms with Gasteiger partial charge in [0.1, 0.15) is 5.60 Å². The van der Waals surface area contributed by atoms with E-state index in [1.165, 1.54) is 0 Å². The summed E-state index contributed by atoms with van der Waals surface area (Å²) in [4.78, 5) is 18.0. The van der Waals surface area contributed by atoms with Gasteiger partial charge in [0.2, 0.25) is 0 Å². The van der Waals surface area contributed by atoms with Crippen molar-refractivity contribution in [2.75, 3.05) is 11.4 Å². The van der Waals surface area contributed by atoms with Crippen LogP contribution >= 0.6 is 0 Å². The van der Waals surface area contributed by atoms with Gasteiger partial charge in [-0.05, 0) is 70.4 Å². The Balaban J connectivity index is 2.04. The maximum atomic E-state index is 13.7. The van der Waals surface area contributed by atoms with Gasteiger partial charge < -0.3 is 10.1 Å². The third-order valence-electron chi connectivity index (χ3n) is 5.84. The Bertz CT molecular complexity index is 1180. The summed E-state index contributed by atoms with van der Waals surface area (Å²) in [5.41, 5.74) is -6.00. The predicted octanol–water partition coefficient (Wildman–Crippen LogP) is 7.81. The highest BCUT2D eigenvalue weighted by Gasteiger charge is 2.39. The van der Waals surface area contributed by atoms with Crippen LogP contribution in [-0.4, -0.2) is 23.2 Å². The lowest BCUT2D eigenvalue weighted by atomic mass is 10.0. The number of nitrogens with zero attached hydrogens (tertiary/aromatic N) is 2. The molecule has 39 heavy (non-hydrogen) atoms. The number of halogens is 9. The minimum absolute atomic E-state index is 0.00669. The SMILES string of the molecule is Cc1nc2c(cc1C(F)(F)F)N(C(=O)OC(C)(C)C)CCCC2NCc1cc(C(F)(F)F)cc(C(F)(F)F)c1. The summed E-state index contributed by atoms with van der Waals surface area (Å²) in [6.07, 6.45) is -15.4. The smallest absolute Gasteiger partial charge is 0.418 e. The molecule has 0 saturated heterocycles. The number of pyridine rings is 1. The molecule has 1 amide bonds. The first-order valence-corrected chi connectivity index (χ1v) is 11.8. The number of ether oxygens (including phenoxy) is 1. The quantitative estimate of drug-likeness (QED) is 0.382. The normalized spacial score (nSPS) is 17.1. The Morgan fingerprint density at radius 3 is 2.00 bits per heavy atom. The molecule has 2 heterocycles. The number of rotatable bonds is 3. The van der Waals surface area contributed by atoms with Crippen LogP contribution < -0.4 is 10.2 Å². The average Bonchev–Trinajstić information content (AvgIpc) is 2.93. The van der Waals surface area contributed by atoms with Gasteiger partial charge in [-0.2, -0.15) is 39.5 Å². The van der Waals surface area contributed by atoms with Crippen molar-refractivity contribution in [1.82, 2.24) is 10.3 Å². The van der Waals surface area contributed by atoms with Crippen LogP contribution in [-0.2, 0) is 29.8 Å². The summed E-state index contributed by atoms with van der Waals surface area (Å²) >= 11 is 0. The zero-order chi connectivity index (χ0) is 29.6. The molecule has 1 N–H and O–H groups in total. The zero-order valence-electron chi connectivity index (χ0n) is 21.3. The van der Waals surface area contributed by atoms with E-state index < -0.39 is 65.2 Å². The summed E-state index contributed by atoms with van der Waals surface area (Å²) < 4.78 is 126. The second-order valence-corrected chi connectivity index (χ2v) is 10.1. The number of hydrogen-bond acceptors (Lipinski definition) is 4. The van der Waals surface area contributed by atoms with Crippen LogP contribution in [0.25, 0.3) is 0 Å². The van der Waals surface area contributed by atoms with Gasteiger partial charge in [0.25, 0.3) is 0 Å². The highest BCUT2D eigenvalue weighted by atomic mass is 19.4. The first-order chi connectivity index (χ1) is 17.7. The number of benzene rings is 1. The summed E-state index contributed by atoms with van der Waals surface area (Å²) in [6, 6.07) is 1.01. The Morgan fingerprint density at radius 2 is 1.51 bits per heavy atom. The lowest BCUT2D eigenvalue weighted by Gasteiger charge is -2.28. The van der Waals surface area contributed by atoms with E-state index in [2.05, 4.69) is 10.3 Å². The van der Waals surface area contributed by atoms with Gasteiger partial charge in [0.15, 0.2) is 0 Å². The molecule has 2 aromatic rings. The predicted molar refractivity (Wildman–Crippen MR) is 123 cm³/mol. The number of nitrogens with one attached hydrogen (secondary N) is 1. The second-order valence-electron chi connectivity index (χ2n) is 10.1. The van der Waals surface area contributed by atoms with E-state index >= 15 is 0 Å². The highest BCUT2D eigenvalue weighted by Crippen LogP contribution is 2.40. The van der Waals surface area contributed by atoms with Crippen molar-refractivity contribution in [3.63, 3.8) is 0 Å². The van der Waals surface area contributed by atoms with Crippen molar-refractivity contribution < 1.29 is 49.0 Å². The van der Waals surface area contributed by atoms with Crippen LogP contribution in [0, 0.1) is 6.92 Å². The summed E-state index contributed by atoms with van der Waals surface area (Å²) in [5.74, 6) is 0. The zero-order valence-corrected chi connectivity index (χ0v) is 21.3. The van der Waals surface area contributed by atoms with E-state index in [1.807, 2.05) is 0 Å². The van der Waals surface area contributed by atoms with Crippen molar-refractivity contribution in [2.24, 2.45) is 0 Å². The van der Waals surface area contributed by atoms with Crippen LogP contribution in [0.5, 0.6) is 0 Å². The van der Waals surface area contributed by atoms with Gasteiger partial charge in [-0.1, -0.05) is 0 Å². The van der Waals surface area contributed by atoms with E-state index in [0.717, 1.165) is 17.9 Å².